The molecule has 1 atom stereocenters. The molecule has 0 saturated heterocycles. The maximum Gasteiger partial charge on any atom is 0.0695 e. The summed E-state index contributed by atoms with van der Waals surface area (Å²) in [6.07, 6.45) is 12.6. The van der Waals surface area contributed by atoms with Crippen LogP contribution in [0.3, 0.4) is 0 Å². The van der Waals surface area contributed by atoms with Crippen LogP contribution in [0.1, 0.15) is 76.9 Å². The molecule has 0 amide bonds. The number of rotatable bonds is 8. The Bertz CT molecular complexity index is 410. The SMILES string of the molecule is CCCNC(CC1CCCCC1)c1c(Br)cnn1CCC. The maximum atomic E-state index is 4.56. The number of halogens is 1. The van der Waals surface area contributed by atoms with E-state index in [-0.39, 0.29) is 0 Å². The molecule has 1 aliphatic rings. The second-order valence-corrected chi connectivity index (χ2v) is 7.20. The van der Waals surface area contributed by atoms with E-state index in [0.29, 0.717) is 6.04 Å². The average Bonchev–Trinajstić information content (AvgIpc) is 2.86. The van der Waals surface area contributed by atoms with Gasteiger partial charge in [-0.15, -0.1) is 0 Å². The topological polar surface area (TPSA) is 29.9 Å². The molecular formula is C17H30BrN3. The summed E-state index contributed by atoms with van der Waals surface area (Å²) in [7, 11) is 0. The molecule has 1 fully saturated rings. The number of aryl methyl sites for hydroxylation is 1. The lowest BCUT2D eigenvalue weighted by molar-refractivity contribution is 0.292. The molecule has 1 aromatic heterocycles. The van der Waals surface area contributed by atoms with Crippen molar-refractivity contribution in [1.29, 1.82) is 0 Å². The van der Waals surface area contributed by atoms with Crippen LogP contribution in [0.4, 0.5) is 0 Å². The summed E-state index contributed by atoms with van der Waals surface area (Å²) in [5.41, 5.74) is 1.36. The highest BCUT2D eigenvalue weighted by Crippen LogP contribution is 2.34. The smallest absolute Gasteiger partial charge is 0.0695 e. The molecule has 4 heteroatoms. The molecule has 0 spiro atoms. The molecular weight excluding hydrogens is 326 g/mol. The minimum absolute atomic E-state index is 0.441. The zero-order chi connectivity index (χ0) is 15.1. The van der Waals surface area contributed by atoms with Crippen molar-refractivity contribution in [3.05, 3.63) is 16.4 Å². The van der Waals surface area contributed by atoms with Crippen LogP contribution in [-0.2, 0) is 6.54 Å². The molecule has 1 aliphatic carbocycles. The molecule has 3 nitrogen and oxygen atoms in total. The van der Waals surface area contributed by atoms with E-state index in [0.717, 1.165) is 25.4 Å². The number of nitrogens with one attached hydrogen (secondary N) is 1. The van der Waals surface area contributed by atoms with Crippen LogP contribution in [0.15, 0.2) is 10.7 Å². The van der Waals surface area contributed by atoms with Crippen molar-refractivity contribution in [1.82, 2.24) is 15.1 Å². The fourth-order valence-corrected chi connectivity index (χ4v) is 4.05. The first-order chi connectivity index (χ1) is 10.3. The van der Waals surface area contributed by atoms with Crippen molar-refractivity contribution in [3.63, 3.8) is 0 Å². The Balaban J connectivity index is 2.12. The van der Waals surface area contributed by atoms with Gasteiger partial charge in [0.2, 0.25) is 0 Å². The Morgan fingerprint density at radius 2 is 2.05 bits per heavy atom. The highest BCUT2D eigenvalue weighted by atomic mass is 79.9. The first-order valence-electron chi connectivity index (χ1n) is 8.70. The number of nitrogens with zero attached hydrogens (tertiary/aromatic N) is 2. The number of hydrogen-bond acceptors (Lipinski definition) is 2. The second-order valence-electron chi connectivity index (χ2n) is 6.35. The lowest BCUT2D eigenvalue weighted by atomic mass is 9.84. The van der Waals surface area contributed by atoms with E-state index in [1.165, 1.54) is 55.1 Å². The molecule has 0 bridgehead atoms. The first-order valence-corrected chi connectivity index (χ1v) is 9.50. The van der Waals surface area contributed by atoms with Crippen LogP contribution < -0.4 is 5.32 Å². The lowest BCUT2D eigenvalue weighted by Gasteiger charge is -2.28. The van der Waals surface area contributed by atoms with Crippen molar-refractivity contribution in [2.45, 2.75) is 77.8 Å². The largest absolute Gasteiger partial charge is 0.309 e. The van der Waals surface area contributed by atoms with Gasteiger partial charge in [-0.3, -0.25) is 4.68 Å². The van der Waals surface area contributed by atoms with Gasteiger partial charge in [0.25, 0.3) is 0 Å². The van der Waals surface area contributed by atoms with Crippen molar-refractivity contribution in [2.75, 3.05) is 6.54 Å². The summed E-state index contributed by atoms with van der Waals surface area (Å²) >= 11 is 3.72. The lowest BCUT2D eigenvalue weighted by Crippen LogP contribution is -2.28. The van der Waals surface area contributed by atoms with Gasteiger partial charge in [-0.2, -0.15) is 5.10 Å². The number of aromatic nitrogens is 2. The second kappa shape index (κ2) is 8.94. The predicted molar refractivity (Wildman–Crippen MR) is 92.4 cm³/mol. The van der Waals surface area contributed by atoms with Crippen LogP contribution in [0.2, 0.25) is 0 Å². The molecule has 0 radical (unpaired) electrons. The molecule has 1 saturated carbocycles. The zero-order valence-electron chi connectivity index (χ0n) is 13.6. The van der Waals surface area contributed by atoms with E-state index in [1.807, 2.05) is 6.20 Å². The van der Waals surface area contributed by atoms with Crippen LogP contribution in [0.25, 0.3) is 0 Å². The van der Waals surface area contributed by atoms with Crippen LogP contribution in [0, 0.1) is 5.92 Å². The normalized spacial score (nSPS) is 18.0. The summed E-state index contributed by atoms with van der Waals surface area (Å²) in [6, 6.07) is 0.441. The third-order valence-electron chi connectivity index (χ3n) is 4.53. The van der Waals surface area contributed by atoms with Crippen molar-refractivity contribution in [3.8, 4) is 0 Å². The van der Waals surface area contributed by atoms with Gasteiger partial charge in [-0.05, 0) is 47.7 Å². The Kier molecular flexibility index (Phi) is 7.24. The molecule has 1 unspecified atom stereocenters. The monoisotopic (exact) mass is 355 g/mol. The predicted octanol–water partition coefficient (Wildman–Crippen LogP) is 5.07. The van der Waals surface area contributed by atoms with Crippen LogP contribution >= 0.6 is 15.9 Å². The van der Waals surface area contributed by atoms with Gasteiger partial charge in [0.05, 0.1) is 22.4 Å². The minimum atomic E-state index is 0.441. The summed E-state index contributed by atoms with van der Waals surface area (Å²) in [6.45, 7) is 6.55. The molecule has 1 aromatic rings. The van der Waals surface area contributed by atoms with Gasteiger partial charge in [-0.25, -0.2) is 0 Å². The summed E-state index contributed by atoms with van der Waals surface area (Å²) in [5, 5.41) is 8.33. The van der Waals surface area contributed by atoms with E-state index in [1.54, 1.807) is 0 Å². The fraction of sp³-hybridized carbons (Fsp3) is 0.824. The van der Waals surface area contributed by atoms with Crippen LogP contribution in [0.5, 0.6) is 0 Å². The van der Waals surface area contributed by atoms with E-state index < -0.39 is 0 Å². The summed E-state index contributed by atoms with van der Waals surface area (Å²) in [5.74, 6) is 0.880. The van der Waals surface area contributed by atoms with Gasteiger partial charge in [0, 0.05) is 6.54 Å². The van der Waals surface area contributed by atoms with Crippen molar-refractivity contribution < 1.29 is 0 Å². The van der Waals surface area contributed by atoms with E-state index in [4.69, 9.17) is 0 Å². The quantitative estimate of drug-likeness (QED) is 0.705. The standard InChI is InChI=1S/C17H30BrN3/c1-3-10-19-16(12-14-8-6-5-7-9-14)17-15(18)13-20-21(17)11-4-2/h13-14,16,19H,3-12H2,1-2H3. The zero-order valence-corrected chi connectivity index (χ0v) is 15.2. The molecule has 0 aromatic carbocycles. The molecule has 1 heterocycles. The van der Waals surface area contributed by atoms with Gasteiger partial charge in [-0.1, -0.05) is 46.0 Å². The van der Waals surface area contributed by atoms with Crippen molar-refractivity contribution in [2.24, 2.45) is 5.92 Å². The van der Waals surface area contributed by atoms with Crippen LogP contribution in [-0.4, -0.2) is 16.3 Å². The molecule has 1 N–H and O–H groups in total. The Morgan fingerprint density at radius 3 is 2.71 bits per heavy atom. The fourth-order valence-electron chi connectivity index (χ4n) is 3.47. The van der Waals surface area contributed by atoms with Gasteiger partial charge in [0.15, 0.2) is 0 Å². The Hall–Kier alpha value is -0.350. The molecule has 2 rings (SSSR count). The Morgan fingerprint density at radius 1 is 1.29 bits per heavy atom. The van der Waals surface area contributed by atoms with E-state index in [9.17, 15) is 0 Å². The highest BCUT2D eigenvalue weighted by Gasteiger charge is 2.24. The van der Waals surface area contributed by atoms with Gasteiger partial charge in [0.1, 0.15) is 0 Å². The molecule has 21 heavy (non-hydrogen) atoms. The summed E-state index contributed by atoms with van der Waals surface area (Å²) < 4.78 is 3.36. The first kappa shape index (κ1) is 17.0. The minimum Gasteiger partial charge on any atom is -0.309 e. The van der Waals surface area contributed by atoms with Gasteiger partial charge >= 0.3 is 0 Å². The van der Waals surface area contributed by atoms with Crippen molar-refractivity contribution >= 4 is 15.9 Å². The highest BCUT2D eigenvalue weighted by molar-refractivity contribution is 9.10. The molecule has 0 aliphatic heterocycles. The third-order valence-corrected chi connectivity index (χ3v) is 5.14. The Labute approximate surface area is 138 Å². The maximum absolute atomic E-state index is 4.56. The van der Waals surface area contributed by atoms with Gasteiger partial charge < -0.3 is 5.32 Å². The molecule has 120 valence electrons. The van der Waals surface area contributed by atoms with E-state index >= 15 is 0 Å². The number of hydrogen-bond donors (Lipinski definition) is 1. The van der Waals surface area contributed by atoms with E-state index in [2.05, 4.69) is 44.9 Å². The average molecular weight is 356 g/mol. The third kappa shape index (κ3) is 4.82. The summed E-state index contributed by atoms with van der Waals surface area (Å²) in [4.78, 5) is 0.